The Morgan fingerprint density at radius 1 is 1.12 bits per heavy atom. The number of carbonyl (C=O) groups is 1. The lowest BCUT2D eigenvalue weighted by Crippen LogP contribution is -3.22. The van der Waals surface area contributed by atoms with Gasteiger partial charge in [0.1, 0.15) is 12.1 Å². The average Bonchev–Trinajstić information content (AvgIpc) is 2.85. The average molecular weight is 468 g/mol. The number of quaternary nitrogens is 1. The van der Waals surface area contributed by atoms with Crippen LogP contribution in [0.2, 0.25) is 0 Å². The number of nitrogens with zero attached hydrogens (tertiary/aromatic N) is 1. The number of rotatable bonds is 6. The number of hydrogen-bond acceptors (Lipinski definition) is 2. The molecular weight excluding hydrogens is 430 g/mol. The molecule has 2 fully saturated rings. The van der Waals surface area contributed by atoms with Crippen molar-refractivity contribution >= 4 is 23.2 Å². The molecule has 4 N–H and O–H groups in total. The Morgan fingerprint density at radius 2 is 1.91 bits per heavy atom. The van der Waals surface area contributed by atoms with Crippen molar-refractivity contribution in [2.75, 3.05) is 26.2 Å². The van der Waals surface area contributed by atoms with Crippen LogP contribution in [0.15, 0.2) is 48.8 Å². The number of H-pyrrole nitrogens is 1. The summed E-state index contributed by atoms with van der Waals surface area (Å²) >= 11 is 5.73. The molecule has 0 radical (unpaired) electrons. The van der Waals surface area contributed by atoms with Gasteiger partial charge in [0.15, 0.2) is 17.5 Å². The summed E-state index contributed by atoms with van der Waals surface area (Å²) in [4.78, 5) is 19.3. The van der Waals surface area contributed by atoms with Crippen molar-refractivity contribution in [1.82, 2.24) is 15.5 Å². The number of nitrogens with one attached hydrogen (secondary N) is 4. The molecule has 1 saturated carbocycles. The van der Waals surface area contributed by atoms with Gasteiger partial charge < -0.3 is 20.4 Å². The number of piperazine rings is 1. The molecule has 176 valence electrons. The fraction of sp³-hybridized carbons (Fsp3) is 0.500. The van der Waals surface area contributed by atoms with Gasteiger partial charge in [0, 0.05) is 36.6 Å². The second-order valence-electron chi connectivity index (χ2n) is 9.63. The standard InChI is InChI=1S/C26H35N5OS/c1-21-7-9-22(10-8-21)19-31-15-14-30(20-26(31)11-3-2-4-12-26)25(33)29-18-24(32)28-17-23-6-5-13-27-16-23/h5-10,13,16H,2-4,11-12,14-15,17-20H2,1H3,(H,28,32)(H,29,33)/p+2. The summed E-state index contributed by atoms with van der Waals surface area (Å²) in [5.74, 6) is -0.0442. The Bertz CT molecular complexity index is 927. The first-order valence-corrected chi connectivity index (χ1v) is 12.6. The van der Waals surface area contributed by atoms with E-state index in [0.717, 1.165) is 31.7 Å². The summed E-state index contributed by atoms with van der Waals surface area (Å²) in [6.45, 7) is 6.91. The summed E-state index contributed by atoms with van der Waals surface area (Å²) < 4.78 is 0. The highest BCUT2D eigenvalue weighted by Crippen LogP contribution is 2.28. The van der Waals surface area contributed by atoms with Crippen LogP contribution in [0.5, 0.6) is 0 Å². The fourth-order valence-electron chi connectivity index (χ4n) is 5.30. The number of amides is 1. The predicted molar refractivity (Wildman–Crippen MR) is 134 cm³/mol. The summed E-state index contributed by atoms with van der Waals surface area (Å²) in [5.41, 5.74) is 4.02. The summed E-state index contributed by atoms with van der Waals surface area (Å²) in [5, 5.41) is 6.86. The molecule has 6 nitrogen and oxygen atoms in total. The molecule has 1 spiro atoms. The maximum Gasteiger partial charge on any atom is 0.239 e. The lowest BCUT2D eigenvalue weighted by Gasteiger charge is -2.50. The van der Waals surface area contributed by atoms with Gasteiger partial charge in [-0.25, -0.2) is 4.98 Å². The van der Waals surface area contributed by atoms with Crippen LogP contribution >= 0.6 is 12.2 Å². The molecule has 1 aliphatic heterocycles. The normalized spacial score (nSPS) is 19.8. The molecule has 1 saturated heterocycles. The molecule has 2 aromatic rings. The number of hydrogen-bond donors (Lipinski definition) is 3. The zero-order valence-electron chi connectivity index (χ0n) is 19.7. The van der Waals surface area contributed by atoms with Crippen LogP contribution in [0.1, 0.15) is 48.8 Å². The minimum absolute atomic E-state index is 0.0442. The zero-order valence-corrected chi connectivity index (χ0v) is 20.5. The maximum absolute atomic E-state index is 12.3. The first-order chi connectivity index (χ1) is 16.0. The van der Waals surface area contributed by atoms with Gasteiger partial charge in [-0.05, 0) is 38.0 Å². The Hall–Kier alpha value is -2.51. The first-order valence-electron chi connectivity index (χ1n) is 12.2. The van der Waals surface area contributed by atoms with Crippen LogP contribution in [-0.4, -0.2) is 47.6 Å². The molecule has 0 bridgehead atoms. The third-order valence-electron chi connectivity index (χ3n) is 7.22. The van der Waals surface area contributed by atoms with Crippen molar-refractivity contribution < 1.29 is 14.7 Å². The molecule has 4 rings (SSSR count). The second kappa shape index (κ2) is 11.1. The summed E-state index contributed by atoms with van der Waals surface area (Å²) in [7, 11) is 0. The number of thiocarbonyl (C=S) groups is 1. The first kappa shape index (κ1) is 23.6. The number of carbonyl (C=O) groups excluding carboxylic acids is 1. The van der Waals surface area contributed by atoms with Crippen LogP contribution in [-0.2, 0) is 17.9 Å². The monoisotopic (exact) mass is 467 g/mol. The van der Waals surface area contributed by atoms with E-state index in [4.69, 9.17) is 12.2 Å². The van der Waals surface area contributed by atoms with Gasteiger partial charge >= 0.3 is 0 Å². The molecule has 1 aromatic heterocycles. The third kappa shape index (κ3) is 6.30. The van der Waals surface area contributed by atoms with E-state index in [1.165, 1.54) is 43.2 Å². The number of pyridine rings is 1. The topological polar surface area (TPSA) is 63.0 Å². The Kier molecular flexibility index (Phi) is 7.93. The molecule has 1 aliphatic carbocycles. The van der Waals surface area contributed by atoms with Gasteiger partial charge in [0.05, 0.1) is 26.2 Å². The van der Waals surface area contributed by atoms with E-state index < -0.39 is 0 Å². The highest BCUT2D eigenvalue weighted by Gasteiger charge is 2.46. The molecule has 33 heavy (non-hydrogen) atoms. The van der Waals surface area contributed by atoms with Gasteiger partial charge in [0.25, 0.3) is 0 Å². The predicted octanol–water partition coefficient (Wildman–Crippen LogP) is 1.40. The van der Waals surface area contributed by atoms with E-state index in [-0.39, 0.29) is 18.0 Å². The Morgan fingerprint density at radius 3 is 2.64 bits per heavy atom. The highest BCUT2D eigenvalue weighted by molar-refractivity contribution is 7.80. The van der Waals surface area contributed by atoms with Gasteiger partial charge in [0.2, 0.25) is 5.91 Å². The van der Waals surface area contributed by atoms with Crippen molar-refractivity contribution in [3.05, 3.63) is 65.5 Å². The summed E-state index contributed by atoms with van der Waals surface area (Å²) in [6, 6.07) is 12.9. The lowest BCUT2D eigenvalue weighted by molar-refractivity contribution is -0.971. The van der Waals surface area contributed by atoms with E-state index in [1.807, 2.05) is 24.5 Å². The molecule has 2 aliphatic rings. The van der Waals surface area contributed by atoms with E-state index in [2.05, 4.69) is 51.7 Å². The molecule has 1 amide bonds. The largest absolute Gasteiger partial charge is 0.353 e. The van der Waals surface area contributed by atoms with Gasteiger partial charge in [-0.2, -0.15) is 0 Å². The van der Waals surface area contributed by atoms with Crippen molar-refractivity contribution in [3.8, 4) is 0 Å². The van der Waals surface area contributed by atoms with E-state index >= 15 is 0 Å². The van der Waals surface area contributed by atoms with Crippen LogP contribution in [0.4, 0.5) is 0 Å². The fourth-order valence-corrected chi connectivity index (χ4v) is 5.53. The minimum atomic E-state index is -0.0442. The molecule has 1 unspecified atom stereocenters. The van der Waals surface area contributed by atoms with Crippen molar-refractivity contribution in [2.24, 2.45) is 0 Å². The van der Waals surface area contributed by atoms with Crippen LogP contribution in [0, 0.1) is 6.92 Å². The van der Waals surface area contributed by atoms with Crippen molar-refractivity contribution in [2.45, 2.75) is 57.7 Å². The molecule has 1 atom stereocenters. The minimum Gasteiger partial charge on any atom is -0.353 e. The van der Waals surface area contributed by atoms with E-state index in [9.17, 15) is 4.79 Å². The zero-order chi connectivity index (χ0) is 23.1. The Balaban J connectivity index is 1.31. The smallest absolute Gasteiger partial charge is 0.239 e. The third-order valence-corrected chi connectivity index (χ3v) is 7.63. The van der Waals surface area contributed by atoms with E-state index in [1.54, 1.807) is 4.90 Å². The number of benzene rings is 1. The van der Waals surface area contributed by atoms with E-state index in [0.29, 0.717) is 11.7 Å². The van der Waals surface area contributed by atoms with Crippen LogP contribution in [0.25, 0.3) is 0 Å². The molecule has 7 heteroatoms. The highest BCUT2D eigenvalue weighted by atomic mass is 32.1. The van der Waals surface area contributed by atoms with Crippen LogP contribution in [0.3, 0.4) is 0 Å². The molecule has 1 aromatic carbocycles. The number of aromatic amines is 1. The Labute approximate surface area is 202 Å². The maximum atomic E-state index is 12.3. The van der Waals surface area contributed by atoms with Crippen molar-refractivity contribution in [3.63, 3.8) is 0 Å². The molecule has 2 heterocycles. The van der Waals surface area contributed by atoms with Gasteiger partial charge in [-0.1, -0.05) is 36.2 Å². The number of aromatic nitrogens is 1. The van der Waals surface area contributed by atoms with Crippen LogP contribution < -0.4 is 20.5 Å². The SMILES string of the molecule is Cc1ccc(C[NH+]2CCN(C(=S)NCC(=O)NCc3ccc[nH+]c3)CC23CCCCC3)cc1. The molecular formula is C26H37N5OS+2. The van der Waals surface area contributed by atoms with Crippen molar-refractivity contribution in [1.29, 1.82) is 0 Å². The number of aryl methyl sites for hydroxylation is 1. The summed E-state index contributed by atoms with van der Waals surface area (Å²) in [6.07, 6.45) is 10.2. The second-order valence-corrected chi connectivity index (χ2v) is 10.0. The quantitative estimate of drug-likeness (QED) is 0.562. The van der Waals surface area contributed by atoms with Gasteiger partial charge in [-0.3, -0.25) is 4.79 Å². The lowest BCUT2D eigenvalue weighted by atomic mass is 9.78. The van der Waals surface area contributed by atoms with Gasteiger partial charge in [-0.15, -0.1) is 0 Å².